The summed E-state index contributed by atoms with van der Waals surface area (Å²) in [5, 5.41) is 0. The minimum absolute atomic E-state index is 0.592. The van der Waals surface area contributed by atoms with Gasteiger partial charge in [0.25, 0.3) is 0 Å². The summed E-state index contributed by atoms with van der Waals surface area (Å²) in [5.41, 5.74) is 10.8. The molecular weight excluding hydrogens is 200 g/mol. The van der Waals surface area contributed by atoms with Crippen molar-refractivity contribution < 1.29 is 13.3 Å². The molecule has 0 aromatic heterocycles. The summed E-state index contributed by atoms with van der Waals surface area (Å²) in [6.07, 6.45) is 1.68. The van der Waals surface area contributed by atoms with E-state index >= 15 is 0 Å². The van der Waals surface area contributed by atoms with Gasteiger partial charge in [-0.1, -0.05) is 0 Å². The molecule has 0 aromatic carbocycles. The summed E-state index contributed by atoms with van der Waals surface area (Å²) in [5.74, 6) is 0. The molecule has 0 unspecified atom stereocenters. The highest BCUT2D eigenvalue weighted by atomic mass is 28.4. The smallest absolute Gasteiger partial charge is 0.377 e. The molecule has 5 nitrogen and oxygen atoms in total. The number of hydrogen-bond acceptors (Lipinski definition) is 5. The van der Waals surface area contributed by atoms with Gasteiger partial charge in [-0.05, 0) is 25.9 Å². The van der Waals surface area contributed by atoms with Crippen LogP contribution in [-0.4, -0.2) is 42.7 Å². The van der Waals surface area contributed by atoms with E-state index in [1.165, 1.54) is 0 Å². The first-order chi connectivity index (χ1) is 6.74. The average Bonchev–Trinajstić information content (AvgIpc) is 2.24. The van der Waals surface area contributed by atoms with Gasteiger partial charge in [0, 0.05) is 26.9 Å². The summed E-state index contributed by atoms with van der Waals surface area (Å²) < 4.78 is 16.3. The van der Waals surface area contributed by atoms with Crippen LogP contribution >= 0.6 is 0 Å². The molecule has 0 spiro atoms. The Hall–Kier alpha value is 0.0169. The molecule has 0 bridgehead atoms. The lowest BCUT2D eigenvalue weighted by molar-refractivity contribution is 0.0973. The van der Waals surface area contributed by atoms with Crippen LogP contribution in [0.4, 0.5) is 0 Å². The Morgan fingerprint density at radius 3 is 2.00 bits per heavy atom. The van der Waals surface area contributed by atoms with Crippen molar-refractivity contribution in [1.82, 2.24) is 0 Å². The number of nitrogens with two attached hydrogens (primary N) is 2. The Morgan fingerprint density at radius 2 is 1.57 bits per heavy atom. The molecule has 86 valence electrons. The van der Waals surface area contributed by atoms with E-state index in [1.54, 1.807) is 14.2 Å². The lowest BCUT2D eigenvalue weighted by Gasteiger charge is -2.26. The fourth-order valence-corrected chi connectivity index (χ4v) is 3.15. The van der Waals surface area contributed by atoms with Crippen LogP contribution in [0.1, 0.15) is 12.8 Å². The van der Waals surface area contributed by atoms with Crippen molar-refractivity contribution in [3.63, 3.8) is 0 Å². The molecule has 0 saturated carbocycles. The Kier molecular flexibility index (Phi) is 8.35. The minimum Gasteiger partial charge on any atom is -0.377 e. The van der Waals surface area contributed by atoms with E-state index in [0.29, 0.717) is 19.7 Å². The Morgan fingerprint density at radius 1 is 1.00 bits per heavy atom. The molecule has 0 fully saturated rings. The predicted octanol–water partition coefficient (Wildman–Crippen LogP) is -0.0677. The highest BCUT2D eigenvalue weighted by Crippen LogP contribution is 2.15. The van der Waals surface area contributed by atoms with Gasteiger partial charge in [0.15, 0.2) is 0 Å². The first-order valence-corrected chi connectivity index (χ1v) is 6.82. The molecule has 6 heteroatoms. The van der Waals surface area contributed by atoms with Crippen LogP contribution in [0, 0.1) is 0 Å². The number of hydrogen-bond donors (Lipinski definition) is 2. The third kappa shape index (κ3) is 5.04. The van der Waals surface area contributed by atoms with Gasteiger partial charge >= 0.3 is 8.80 Å². The lowest BCUT2D eigenvalue weighted by Crippen LogP contribution is -2.44. The molecule has 0 atom stereocenters. The predicted molar refractivity (Wildman–Crippen MR) is 57.9 cm³/mol. The quantitative estimate of drug-likeness (QED) is 0.422. The molecule has 0 heterocycles. The zero-order chi connectivity index (χ0) is 10.9. The second kappa shape index (κ2) is 8.34. The van der Waals surface area contributed by atoms with Crippen molar-refractivity contribution in [1.29, 1.82) is 0 Å². The van der Waals surface area contributed by atoms with Gasteiger partial charge in [-0.25, -0.2) is 0 Å². The normalized spacial score (nSPS) is 12.0. The van der Waals surface area contributed by atoms with Gasteiger partial charge in [-0.3, -0.25) is 0 Å². The van der Waals surface area contributed by atoms with Gasteiger partial charge in [0.2, 0.25) is 0 Å². The summed E-state index contributed by atoms with van der Waals surface area (Å²) in [6, 6.07) is 0.765. The van der Waals surface area contributed by atoms with Crippen LogP contribution in [0.15, 0.2) is 0 Å². The van der Waals surface area contributed by atoms with Crippen LogP contribution in [0.2, 0.25) is 6.04 Å². The van der Waals surface area contributed by atoms with Crippen molar-refractivity contribution in [3.05, 3.63) is 0 Å². The van der Waals surface area contributed by atoms with Gasteiger partial charge < -0.3 is 24.7 Å². The molecule has 0 rings (SSSR count). The maximum atomic E-state index is 5.63. The Labute approximate surface area is 87.1 Å². The monoisotopic (exact) mass is 222 g/mol. The van der Waals surface area contributed by atoms with E-state index in [1.807, 2.05) is 0 Å². The van der Waals surface area contributed by atoms with Crippen molar-refractivity contribution >= 4 is 8.80 Å². The molecule has 0 aromatic rings. The first kappa shape index (κ1) is 14.0. The van der Waals surface area contributed by atoms with Crippen molar-refractivity contribution in [3.8, 4) is 0 Å². The third-order valence-electron chi connectivity index (χ3n) is 1.98. The largest absolute Gasteiger partial charge is 0.500 e. The van der Waals surface area contributed by atoms with Crippen LogP contribution < -0.4 is 11.5 Å². The van der Waals surface area contributed by atoms with Gasteiger partial charge in [-0.15, -0.1) is 0 Å². The highest BCUT2D eigenvalue weighted by Gasteiger charge is 2.37. The van der Waals surface area contributed by atoms with Gasteiger partial charge in [0.1, 0.15) is 0 Å². The van der Waals surface area contributed by atoms with Crippen molar-refractivity contribution in [2.45, 2.75) is 18.9 Å². The maximum Gasteiger partial charge on any atom is 0.500 e. The highest BCUT2D eigenvalue weighted by molar-refractivity contribution is 6.60. The van der Waals surface area contributed by atoms with Crippen LogP contribution in [0.25, 0.3) is 0 Å². The zero-order valence-electron chi connectivity index (χ0n) is 9.12. The Balaban J connectivity index is 3.94. The van der Waals surface area contributed by atoms with E-state index in [-0.39, 0.29) is 0 Å². The summed E-state index contributed by atoms with van der Waals surface area (Å²) in [6.45, 7) is 1.84. The van der Waals surface area contributed by atoms with E-state index in [4.69, 9.17) is 24.7 Å². The van der Waals surface area contributed by atoms with Crippen molar-refractivity contribution in [2.24, 2.45) is 11.5 Å². The zero-order valence-corrected chi connectivity index (χ0v) is 10.1. The standard InChI is InChI=1S/C8H22N2O3Si/c1-11-14(12-2,8-4-6-10)13-7-3-5-9/h3-10H2,1-2H3. The Bertz CT molecular complexity index is 134. The molecule has 0 amide bonds. The second-order valence-corrected chi connectivity index (χ2v) is 5.95. The van der Waals surface area contributed by atoms with E-state index < -0.39 is 8.80 Å². The van der Waals surface area contributed by atoms with Gasteiger partial charge in [0.05, 0.1) is 0 Å². The summed E-state index contributed by atoms with van der Waals surface area (Å²) in [4.78, 5) is 0. The van der Waals surface area contributed by atoms with E-state index in [9.17, 15) is 0 Å². The molecule has 4 N–H and O–H groups in total. The number of rotatable bonds is 9. The van der Waals surface area contributed by atoms with Crippen LogP contribution in [-0.2, 0) is 13.3 Å². The lowest BCUT2D eigenvalue weighted by atomic mass is 10.5. The molecular formula is C8H22N2O3Si. The molecule has 0 saturated heterocycles. The SMILES string of the molecule is CO[Si](CCCN)(OC)OCCCN. The van der Waals surface area contributed by atoms with E-state index in [2.05, 4.69) is 0 Å². The third-order valence-corrected chi connectivity index (χ3v) is 4.83. The van der Waals surface area contributed by atoms with Gasteiger partial charge in [-0.2, -0.15) is 0 Å². The molecule has 14 heavy (non-hydrogen) atoms. The topological polar surface area (TPSA) is 79.7 Å². The van der Waals surface area contributed by atoms with Crippen molar-refractivity contribution in [2.75, 3.05) is 33.9 Å². The summed E-state index contributed by atoms with van der Waals surface area (Å²) in [7, 11) is 0.802. The van der Waals surface area contributed by atoms with Crippen LogP contribution in [0.5, 0.6) is 0 Å². The summed E-state index contributed by atoms with van der Waals surface area (Å²) >= 11 is 0. The average molecular weight is 222 g/mol. The molecule has 0 radical (unpaired) electrons. The minimum atomic E-state index is -2.44. The first-order valence-electron chi connectivity index (χ1n) is 4.89. The van der Waals surface area contributed by atoms with E-state index in [0.717, 1.165) is 18.9 Å². The van der Waals surface area contributed by atoms with Crippen LogP contribution in [0.3, 0.4) is 0 Å². The fraction of sp³-hybridized carbons (Fsp3) is 1.00. The molecule has 0 aliphatic rings. The molecule has 0 aliphatic heterocycles. The maximum absolute atomic E-state index is 5.63. The fourth-order valence-electron chi connectivity index (χ4n) is 1.11. The molecule has 0 aliphatic carbocycles. The second-order valence-electron chi connectivity index (χ2n) is 2.97.